The maximum Gasteiger partial charge on any atom is 0.341 e. The zero-order valence-corrected chi connectivity index (χ0v) is 24.0. The van der Waals surface area contributed by atoms with Crippen LogP contribution in [0.5, 0.6) is 5.75 Å². The second-order valence-electron chi connectivity index (χ2n) is 8.85. The van der Waals surface area contributed by atoms with E-state index in [4.69, 9.17) is 21.3 Å². The average Bonchev–Trinajstić information content (AvgIpc) is 3.40. The molecule has 40 heavy (non-hydrogen) atoms. The van der Waals surface area contributed by atoms with Crippen molar-refractivity contribution >= 4 is 34.8 Å². The highest BCUT2D eigenvalue weighted by Crippen LogP contribution is 2.21. The number of aliphatic carboxylic acids is 1. The number of ether oxygens (including phenoxy) is 1. The van der Waals surface area contributed by atoms with Crippen LogP contribution in [0.1, 0.15) is 33.1 Å². The van der Waals surface area contributed by atoms with Crippen molar-refractivity contribution in [2.24, 2.45) is 11.5 Å². The average molecular weight is 578 g/mol. The lowest BCUT2D eigenvalue weighted by molar-refractivity contribution is -0.139. The van der Waals surface area contributed by atoms with Crippen LogP contribution in [0.2, 0.25) is 0 Å². The maximum atomic E-state index is 12.7. The fraction of sp³-hybridized carbons (Fsp3) is 0.500. The van der Waals surface area contributed by atoms with Crippen molar-refractivity contribution < 1.29 is 19.4 Å². The summed E-state index contributed by atoms with van der Waals surface area (Å²) in [5.41, 5.74) is 11.4. The van der Waals surface area contributed by atoms with Crippen molar-refractivity contribution in [2.45, 2.75) is 52.2 Å². The molecule has 0 aliphatic carbocycles. The van der Waals surface area contributed by atoms with Crippen LogP contribution in [-0.4, -0.2) is 73.8 Å². The van der Waals surface area contributed by atoms with E-state index in [0.717, 1.165) is 18.6 Å². The number of hydrogen-bond donors (Lipinski definition) is 5. The number of imidazole rings is 1. The lowest BCUT2D eigenvalue weighted by atomic mass is 10.2. The molecule has 14 heteroatoms. The van der Waals surface area contributed by atoms with Crippen LogP contribution in [0.15, 0.2) is 33.9 Å². The number of nitrogens with one attached hydrogen (secondary N) is 2. The summed E-state index contributed by atoms with van der Waals surface area (Å²) in [6.45, 7) is 5.22. The zero-order chi connectivity index (χ0) is 29.7. The molecule has 7 N–H and O–H groups in total. The van der Waals surface area contributed by atoms with E-state index in [9.17, 15) is 19.2 Å². The number of H-pyrrole nitrogens is 1. The second-order valence-corrected chi connectivity index (χ2v) is 9.84. The summed E-state index contributed by atoms with van der Waals surface area (Å²) >= 11 is 1.69. The fourth-order valence-corrected chi connectivity index (χ4v) is 4.20. The molecule has 0 aliphatic rings. The number of carbonyl (C=O) groups excluding carboxylic acids is 1. The van der Waals surface area contributed by atoms with Gasteiger partial charge in [-0.3, -0.25) is 18.7 Å². The fourth-order valence-electron chi connectivity index (χ4n) is 3.71. The van der Waals surface area contributed by atoms with Gasteiger partial charge < -0.3 is 31.6 Å². The van der Waals surface area contributed by atoms with Gasteiger partial charge in [0.05, 0.1) is 6.04 Å². The summed E-state index contributed by atoms with van der Waals surface area (Å²) in [6.07, 6.45) is 4.12. The monoisotopic (exact) mass is 577 g/mol. The Kier molecular flexibility index (Phi) is 13.4. The topological polar surface area (TPSA) is 200 Å². The highest BCUT2D eigenvalue weighted by Gasteiger charge is 2.17. The summed E-state index contributed by atoms with van der Waals surface area (Å²) in [7, 11) is 0. The van der Waals surface area contributed by atoms with Gasteiger partial charge in [-0.15, -0.1) is 0 Å². The van der Waals surface area contributed by atoms with Crippen molar-refractivity contribution in [1.29, 1.82) is 0 Å². The maximum absolute atomic E-state index is 12.7. The Morgan fingerprint density at radius 2 is 1.80 bits per heavy atom. The summed E-state index contributed by atoms with van der Waals surface area (Å²) < 4.78 is 7.88. The number of aromatic amines is 1. The van der Waals surface area contributed by atoms with E-state index in [2.05, 4.69) is 15.3 Å². The summed E-state index contributed by atoms with van der Waals surface area (Å²) in [5.74, 6) is 0.621. The number of carbonyl (C=O) groups is 2. The summed E-state index contributed by atoms with van der Waals surface area (Å²) in [5, 5.41) is 11.3. The number of aryl methyl sites for hydroxylation is 1. The van der Waals surface area contributed by atoms with Crippen molar-refractivity contribution in [3.63, 3.8) is 0 Å². The normalized spacial score (nSPS) is 11.5. The molecule has 0 spiro atoms. The van der Waals surface area contributed by atoms with E-state index in [1.54, 1.807) is 36.0 Å². The van der Waals surface area contributed by atoms with Gasteiger partial charge in [-0.05, 0) is 55.5 Å². The van der Waals surface area contributed by atoms with Crippen molar-refractivity contribution in [2.75, 3.05) is 31.7 Å². The highest BCUT2D eigenvalue weighted by molar-refractivity contribution is 7.98. The molecule has 1 atom stereocenters. The van der Waals surface area contributed by atoms with Gasteiger partial charge in [0, 0.05) is 31.7 Å². The van der Waals surface area contributed by atoms with Crippen molar-refractivity contribution in [3.05, 3.63) is 45.1 Å². The highest BCUT2D eigenvalue weighted by atomic mass is 32.2. The molecular formula is C26H39N7O6S. The molecule has 1 amide bonds. The van der Waals surface area contributed by atoms with Gasteiger partial charge in [0.15, 0.2) is 12.3 Å². The Bertz CT molecular complexity index is 1370. The van der Waals surface area contributed by atoms with Gasteiger partial charge in [-0.1, -0.05) is 13.8 Å². The first kappa shape index (κ1) is 32.6. The number of nitrogens with two attached hydrogens (primary N) is 2. The molecule has 0 saturated heterocycles. The van der Waals surface area contributed by atoms with Crippen LogP contribution >= 0.6 is 11.8 Å². The van der Waals surface area contributed by atoms with E-state index >= 15 is 0 Å². The molecule has 0 fully saturated rings. The number of aromatic nitrogens is 4. The molecule has 0 radical (unpaired) electrons. The van der Waals surface area contributed by atoms with E-state index in [0.29, 0.717) is 60.9 Å². The predicted molar refractivity (Wildman–Crippen MR) is 157 cm³/mol. The molecular weight excluding hydrogens is 538 g/mol. The van der Waals surface area contributed by atoms with E-state index in [-0.39, 0.29) is 23.2 Å². The standard InChI is InChI=1S/C19H22N4O5.C7H17N3OS/c1-3-9-22-17-15(18(26)23(10-4-2)19(22)27)20-16(21-17)12-5-7-13(8-6-12)28-11-14(24)25;1-12-5-2-6(9)7(11)10-4-3-8/h5-8H,3-4,9-11H2,1-2H3,(H,20,21)(H,24,25);6H,2-5,8-9H2,1H3,(H,10,11)/t;6-/m.0/s1. The van der Waals surface area contributed by atoms with E-state index in [1.165, 1.54) is 9.13 Å². The lowest BCUT2D eigenvalue weighted by Gasteiger charge is -2.10. The third-order valence-electron chi connectivity index (χ3n) is 5.66. The third kappa shape index (κ3) is 8.96. The Balaban J connectivity index is 0.000000395. The Morgan fingerprint density at radius 1 is 1.15 bits per heavy atom. The Hall–Kier alpha value is -3.62. The minimum Gasteiger partial charge on any atom is -0.482 e. The lowest BCUT2D eigenvalue weighted by Crippen LogP contribution is -2.42. The largest absolute Gasteiger partial charge is 0.482 e. The molecule has 220 valence electrons. The number of carboxylic acids is 1. The number of hydrogen-bond acceptors (Lipinski definition) is 9. The molecule has 0 saturated carbocycles. The molecule has 13 nitrogen and oxygen atoms in total. The molecule has 1 aromatic carbocycles. The zero-order valence-electron chi connectivity index (χ0n) is 23.1. The molecule has 0 aliphatic heterocycles. The van der Waals surface area contributed by atoms with Crippen LogP contribution in [-0.2, 0) is 22.7 Å². The second kappa shape index (κ2) is 16.5. The number of benzene rings is 1. The summed E-state index contributed by atoms with van der Waals surface area (Å²) in [4.78, 5) is 54.7. The molecule has 3 aromatic rings. The molecule has 0 unspecified atom stereocenters. The Labute approximate surface area is 236 Å². The first-order valence-corrected chi connectivity index (χ1v) is 14.5. The van der Waals surface area contributed by atoms with Gasteiger partial charge in [0.1, 0.15) is 17.1 Å². The van der Waals surface area contributed by atoms with Crippen LogP contribution in [0, 0.1) is 0 Å². The quantitative estimate of drug-likeness (QED) is 0.184. The van der Waals surface area contributed by atoms with Gasteiger partial charge in [-0.25, -0.2) is 14.6 Å². The van der Waals surface area contributed by atoms with Crippen molar-refractivity contribution in [1.82, 2.24) is 24.4 Å². The smallest absolute Gasteiger partial charge is 0.341 e. The number of carboxylic acid groups (broad SMARTS) is 1. The Morgan fingerprint density at radius 3 is 2.38 bits per heavy atom. The third-order valence-corrected chi connectivity index (χ3v) is 6.30. The number of thioether (sulfide) groups is 1. The summed E-state index contributed by atoms with van der Waals surface area (Å²) in [6, 6.07) is 6.28. The van der Waals surface area contributed by atoms with Crippen molar-refractivity contribution in [3.8, 4) is 17.1 Å². The van der Waals surface area contributed by atoms with E-state index in [1.807, 2.05) is 20.1 Å². The van der Waals surface area contributed by atoms with Crippen LogP contribution in [0.25, 0.3) is 22.6 Å². The molecule has 0 bridgehead atoms. The minimum atomic E-state index is -1.06. The van der Waals surface area contributed by atoms with Crippen LogP contribution < -0.4 is 32.8 Å². The van der Waals surface area contributed by atoms with E-state index < -0.39 is 12.6 Å². The van der Waals surface area contributed by atoms with Gasteiger partial charge in [0.2, 0.25) is 5.91 Å². The SMILES string of the molecule is CCCn1c(=O)c2[nH]c(-c3ccc(OCC(=O)O)cc3)nc2n(CCC)c1=O.CSCC[C@H](N)C(=O)NCCN. The predicted octanol–water partition coefficient (Wildman–Crippen LogP) is 0.978. The number of fused-ring (bicyclic) bond motifs is 1. The van der Waals surface area contributed by atoms with Crippen LogP contribution in [0.4, 0.5) is 0 Å². The number of nitrogens with zero attached hydrogens (tertiary/aromatic N) is 3. The molecule has 2 heterocycles. The molecule has 3 rings (SSSR count). The van der Waals surface area contributed by atoms with Gasteiger partial charge in [0.25, 0.3) is 5.56 Å². The number of rotatable bonds is 14. The minimum absolute atomic E-state index is 0.102. The molecule has 2 aromatic heterocycles. The van der Waals surface area contributed by atoms with Gasteiger partial charge in [-0.2, -0.15) is 11.8 Å². The number of amides is 1. The first-order valence-electron chi connectivity index (χ1n) is 13.1. The first-order chi connectivity index (χ1) is 19.2. The van der Waals surface area contributed by atoms with Crippen LogP contribution in [0.3, 0.4) is 0 Å². The van der Waals surface area contributed by atoms with Gasteiger partial charge >= 0.3 is 11.7 Å².